The Morgan fingerprint density at radius 2 is 2.25 bits per heavy atom. The van der Waals surface area contributed by atoms with Crippen molar-refractivity contribution in [1.29, 1.82) is 0 Å². The number of unbranched alkanes of at least 4 members (excludes halogenated alkanes) is 1. The molecule has 8 heavy (non-hydrogen) atoms. The SMILES string of the molecule is [CH2]CC/C=C/CSC. The van der Waals surface area contributed by atoms with E-state index in [1.807, 2.05) is 11.8 Å². The van der Waals surface area contributed by atoms with Crippen molar-refractivity contribution in [3.05, 3.63) is 19.1 Å². The molecule has 0 nitrogen and oxygen atoms in total. The zero-order chi connectivity index (χ0) is 6.24. The largest absolute Gasteiger partial charge is 0.161 e. The summed E-state index contributed by atoms with van der Waals surface area (Å²) in [7, 11) is 0. The standard InChI is InChI=1S/C7H13S/c1-3-4-5-6-7-8-2/h5-6H,1,3-4,7H2,2H3/b6-5+. The maximum absolute atomic E-state index is 3.73. The summed E-state index contributed by atoms with van der Waals surface area (Å²) in [6, 6.07) is 0. The molecule has 0 saturated heterocycles. The van der Waals surface area contributed by atoms with E-state index in [0.717, 1.165) is 18.6 Å². The second kappa shape index (κ2) is 7.09. The smallest absolute Gasteiger partial charge is 0.0110 e. The van der Waals surface area contributed by atoms with Gasteiger partial charge < -0.3 is 0 Å². The van der Waals surface area contributed by atoms with E-state index < -0.39 is 0 Å². The Morgan fingerprint density at radius 3 is 2.75 bits per heavy atom. The molecule has 0 heterocycles. The predicted molar refractivity (Wildman–Crippen MR) is 42.1 cm³/mol. The minimum Gasteiger partial charge on any atom is -0.161 e. The molecule has 0 unspecified atom stereocenters. The van der Waals surface area contributed by atoms with Gasteiger partial charge in [-0.2, -0.15) is 11.8 Å². The quantitative estimate of drug-likeness (QED) is 0.526. The Balaban J connectivity index is 2.83. The first-order chi connectivity index (χ1) is 3.91. The molecule has 0 N–H and O–H groups in total. The van der Waals surface area contributed by atoms with Crippen LogP contribution in [0.5, 0.6) is 0 Å². The molecule has 0 atom stereocenters. The first kappa shape index (κ1) is 8.09. The van der Waals surface area contributed by atoms with Gasteiger partial charge >= 0.3 is 0 Å². The predicted octanol–water partition coefficient (Wildman–Crippen LogP) is 2.52. The summed E-state index contributed by atoms with van der Waals surface area (Å²) < 4.78 is 0. The van der Waals surface area contributed by atoms with E-state index >= 15 is 0 Å². The Morgan fingerprint density at radius 1 is 1.50 bits per heavy atom. The van der Waals surface area contributed by atoms with Crippen molar-refractivity contribution < 1.29 is 0 Å². The molecule has 0 rings (SSSR count). The highest BCUT2D eigenvalue weighted by atomic mass is 32.2. The van der Waals surface area contributed by atoms with Crippen LogP contribution in [-0.4, -0.2) is 12.0 Å². The lowest BCUT2D eigenvalue weighted by atomic mass is 10.3. The van der Waals surface area contributed by atoms with Gasteiger partial charge in [-0.15, -0.1) is 0 Å². The summed E-state index contributed by atoms with van der Waals surface area (Å²) in [5.41, 5.74) is 0. The van der Waals surface area contributed by atoms with Crippen LogP contribution in [0.4, 0.5) is 0 Å². The third-order valence-corrected chi connectivity index (χ3v) is 1.33. The topological polar surface area (TPSA) is 0 Å². The van der Waals surface area contributed by atoms with Gasteiger partial charge in [0.05, 0.1) is 0 Å². The third-order valence-electron chi connectivity index (χ3n) is 0.800. The monoisotopic (exact) mass is 129 g/mol. The molecule has 0 bridgehead atoms. The molecule has 0 spiro atoms. The zero-order valence-electron chi connectivity index (χ0n) is 5.39. The molecule has 0 amide bonds. The first-order valence-corrected chi connectivity index (χ1v) is 4.24. The van der Waals surface area contributed by atoms with Gasteiger partial charge in [0.15, 0.2) is 0 Å². The van der Waals surface area contributed by atoms with Crippen LogP contribution in [0.3, 0.4) is 0 Å². The van der Waals surface area contributed by atoms with Crippen molar-refractivity contribution >= 4 is 11.8 Å². The van der Waals surface area contributed by atoms with Gasteiger partial charge in [-0.25, -0.2) is 0 Å². The lowest BCUT2D eigenvalue weighted by molar-refractivity contribution is 1.05. The molecular formula is C7H13S. The van der Waals surface area contributed by atoms with Crippen LogP contribution < -0.4 is 0 Å². The lowest BCUT2D eigenvalue weighted by Crippen LogP contribution is -1.66. The van der Waals surface area contributed by atoms with Crippen molar-refractivity contribution in [2.45, 2.75) is 12.8 Å². The minimum absolute atomic E-state index is 1.02. The Bertz CT molecular complexity index is 49.4. The number of allylic oxidation sites excluding steroid dienone is 1. The number of hydrogen-bond donors (Lipinski definition) is 0. The molecule has 0 aromatic heterocycles. The average molecular weight is 129 g/mol. The van der Waals surface area contributed by atoms with Crippen molar-refractivity contribution in [3.8, 4) is 0 Å². The van der Waals surface area contributed by atoms with E-state index in [1.54, 1.807) is 0 Å². The van der Waals surface area contributed by atoms with E-state index in [-0.39, 0.29) is 0 Å². The maximum atomic E-state index is 3.73. The van der Waals surface area contributed by atoms with E-state index in [4.69, 9.17) is 0 Å². The highest BCUT2D eigenvalue weighted by molar-refractivity contribution is 7.98. The highest BCUT2D eigenvalue weighted by Crippen LogP contribution is 1.93. The summed E-state index contributed by atoms with van der Waals surface area (Å²) in [5, 5.41) is 0. The van der Waals surface area contributed by atoms with Gasteiger partial charge in [-0.1, -0.05) is 19.1 Å². The van der Waals surface area contributed by atoms with E-state index in [2.05, 4.69) is 25.3 Å². The molecule has 0 aromatic rings. The fourth-order valence-electron chi connectivity index (χ4n) is 0.400. The Kier molecular flexibility index (Phi) is 7.17. The molecule has 0 aliphatic rings. The Labute approximate surface area is 56.4 Å². The van der Waals surface area contributed by atoms with Crippen LogP contribution in [-0.2, 0) is 0 Å². The number of rotatable bonds is 4. The van der Waals surface area contributed by atoms with Gasteiger partial charge in [0.1, 0.15) is 0 Å². The third kappa shape index (κ3) is 6.09. The van der Waals surface area contributed by atoms with Gasteiger partial charge in [-0.05, 0) is 19.1 Å². The number of hydrogen-bond acceptors (Lipinski definition) is 1. The maximum Gasteiger partial charge on any atom is 0.0110 e. The van der Waals surface area contributed by atoms with Crippen molar-refractivity contribution in [1.82, 2.24) is 0 Å². The minimum atomic E-state index is 1.02. The van der Waals surface area contributed by atoms with Crippen LogP contribution >= 0.6 is 11.8 Å². The molecule has 0 aliphatic carbocycles. The molecule has 0 aromatic carbocycles. The Hall–Kier alpha value is 0.0900. The van der Waals surface area contributed by atoms with Crippen LogP contribution in [0.1, 0.15) is 12.8 Å². The highest BCUT2D eigenvalue weighted by Gasteiger charge is 1.72. The lowest BCUT2D eigenvalue weighted by Gasteiger charge is -1.83. The van der Waals surface area contributed by atoms with Crippen molar-refractivity contribution in [3.63, 3.8) is 0 Å². The number of thioether (sulfide) groups is 1. The fourth-order valence-corrected chi connectivity index (χ4v) is 0.729. The van der Waals surface area contributed by atoms with E-state index in [0.29, 0.717) is 0 Å². The summed E-state index contributed by atoms with van der Waals surface area (Å²) in [5.74, 6) is 1.14. The summed E-state index contributed by atoms with van der Waals surface area (Å²) in [6.45, 7) is 3.73. The van der Waals surface area contributed by atoms with Crippen molar-refractivity contribution in [2.75, 3.05) is 12.0 Å². The molecule has 0 aliphatic heterocycles. The first-order valence-electron chi connectivity index (χ1n) is 2.85. The van der Waals surface area contributed by atoms with Crippen LogP contribution in [0, 0.1) is 6.92 Å². The van der Waals surface area contributed by atoms with Crippen molar-refractivity contribution in [2.24, 2.45) is 0 Å². The molecule has 0 saturated carbocycles. The fraction of sp³-hybridized carbons (Fsp3) is 0.571. The summed E-state index contributed by atoms with van der Waals surface area (Å²) in [6.07, 6.45) is 8.62. The summed E-state index contributed by atoms with van der Waals surface area (Å²) in [4.78, 5) is 0. The van der Waals surface area contributed by atoms with Gasteiger partial charge in [-0.3, -0.25) is 0 Å². The summed E-state index contributed by atoms with van der Waals surface area (Å²) >= 11 is 1.84. The van der Waals surface area contributed by atoms with E-state index in [1.165, 1.54) is 0 Å². The van der Waals surface area contributed by atoms with E-state index in [9.17, 15) is 0 Å². The molecule has 1 radical (unpaired) electrons. The van der Waals surface area contributed by atoms with Crippen LogP contribution in [0.25, 0.3) is 0 Å². The zero-order valence-corrected chi connectivity index (χ0v) is 6.21. The van der Waals surface area contributed by atoms with Gasteiger partial charge in [0.25, 0.3) is 0 Å². The second-order valence-corrected chi connectivity index (χ2v) is 2.48. The average Bonchev–Trinajstić information content (AvgIpc) is 1.81. The molecule has 1 heteroatoms. The van der Waals surface area contributed by atoms with Gasteiger partial charge in [0.2, 0.25) is 0 Å². The van der Waals surface area contributed by atoms with Crippen LogP contribution in [0.15, 0.2) is 12.2 Å². The second-order valence-electron chi connectivity index (χ2n) is 1.57. The molecule has 0 fully saturated rings. The normalized spacial score (nSPS) is 10.8. The molecular weight excluding hydrogens is 116 g/mol. The van der Waals surface area contributed by atoms with Gasteiger partial charge in [0, 0.05) is 5.75 Å². The molecule has 47 valence electrons. The van der Waals surface area contributed by atoms with Crippen LogP contribution in [0.2, 0.25) is 0 Å².